The second kappa shape index (κ2) is 7.69. The minimum absolute atomic E-state index is 0.128. The first-order valence-electron chi connectivity index (χ1n) is 6.05. The van der Waals surface area contributed by atoms with Gasteiger partial charge in [0.05, 0.1) is 23.9 Å². The molecule has 0 unspecified atom stereocenters. The zero-order valence-electron chi connectivity index (χ0n) is 11.2. The molecule has 20 heavy (non-hydrogen) atoms. The number of esters is 2. The summed E-state index contributed by atoms with van der Waals surface area (Å²) in [7, 11) is 0. The second-order valence-corrected chi connectivity index (χ2v) is 4.04. The summed E-state index contributed by atoms with van der Waals surface area (Å²) in [6.45, 7) is 3.51. The first kappa shape index (κ1) is 16.2. The lowest BCUT2D eigenvalue weighted by atomic mass is 10.1. The molecule has 0 aliphatic rings. The number of anilines is 1. The average molecular weight is 304 g/mol. The maximum Gasteiger partial charge on any atom is 0.341 e. The van der Waals surface area contributed by atoms with Crippen molar-refractivity contribution in [1.82, 2.24) is 0 Å². The molecule has 0 fully saturated rings. The molecule has 0 aliphatic heterocycles. The molecule has 0 aliphatic carbocycles. The summed E-state index contributed by atoms with van der Waals surface area (Å²) in [4.78, 5) is 23.0. The van der Waals surface area contributed by atoms with Crippen LogP contribution in [0.4, 0.5) is 10.1 Å². The Labute approximate surface area is 121 Å². The molecular formula is C13H15ClFNO4. The van der Waals surface area contributed by atoms with Gasteiger partial charge in [-0.15, -0.1) is 0 Å². The van der Waals surface area contributed by atoms with Crippen LogP contribution in [0.15, 0.2) is 12.1 Å². The van der Waals surface area contributed by atoms with E-state index in [1.54, 1.807) is 13.8 Å². The molecule has 0 bridgehead atoms. The van der Waals surface area contributed by atoms with Crippen LogP contribution in [0.3, 0.4) is 0 Å². The molecular weight excluding hydrogens is 289 g/mol. The highest BCUT2D eigenvalue weighted by molar-refractivity contribution is 6.34. The Hall–Kier alpha value is -1.82. The Morgan fingerprint density at radius 1 is 1.25 bits per heavy atom. The molecule has 0 aromatic heterocycles. The first-order valence-corrected chi connectivity index (χ1v) is 6.43. The third-order valence-electron chi connectivity index (χ3n) is 2.30. The summed E-state index contributed by atoms with van der Waals surface area (Å²) in [5, 5.41) is 2.33. The van der Waals surface area contributed by atoms with E-state index >= 15 is 0 Å². The van der Waals surface area contributed by atoms with E-state index in [0.29, 0.717) is 0 Å². The van der Waals surface area contributed by atoms with Gasteiger partial charge in [0.25, 0.3) is 0 Å². The molecule has 0 amide bonds. The van der Waals surface area contributed by atoms with Crippen molar-refractivity contribution in [2.24, 2.45) is 0 Å². The first-order chi connectivity index (χ1) is 9.51. The summed E-state index contributed by atoms with van der Waals surface area (Å²) in [6, 6.07) is 2.41. The lowest BCUT2D eigenvalue weighted by Gasteiger charge is -2.12. The van der Waals surface area contributed by atoms with Crippen LogP contribution in [0.5, 0.6) is 0 Å². The Morgan fingerprint density at radius 2 is 1.90 bits per heavy atom. The molecule has 0 radical (unpaired) electrons. The van der Waals surface area contributed by atoms with Crippen LogP contribution in [0, 0.1) is 5.82 Å². The van der Waals surface area contributed by atoms with Crippen LogP contribution < -0.4 is 5.32 Å². The molecule has 0 saturated heterocycles. The van der Waals surface area contributed by atoms with E-state index in [1.807, 2.05) is 0 Å². The number of hydrogen-bond donors (Lipinski definition) is 1. The predicted octanol–water partition coefficient (Wildman–Crippen LogP) is 2.63. The van der Waals surface area contributed by atoms with E-state index in [9.17, 15) is 14.0 Å². The largest absolute Gasteiger partial charge is 0.465 e. The van der Waals surface area contributed by atoms with E-state index in [1.165, 1.54) is 6.07 Å². The van der Waals surface area contributed by atoms with Gasteiger partial charge in [-0.05, 0) is 26.0 Å². The molecule has 1 N–H and O–H groups in total. The smallest absolute Gasteiger partial charge is 0.341 e. The van der Waals surface area contributed by atoms with Crippen molar-refractivity contribution in [3.8, 4) is 0 Å². The van der Waals surface area contributed by atoms with E-state index in [-0.39, 0.29) is 36.0 Å². The van der Waals surface area contributed by atoms with E-state index in [4.69, 9.17) is 21.1 Å². The van der Waals surface area contributed by atoms with Gasteiger partial charge in [-0.3, -0.25) is 4.79 Å². The molecule has 0 spiro atoms. The maximum absolute atomic E-state index is 13.4. The number of carbonyl (C=O) groups excluding carboxylic acids is 2. The Morgan fingerprint density at radius 3 is 2.50 bits per heavy atom. The maximum atomic E-state index is 13.4. The van der Waals surface area contributed by atoms with Crippen LogP contribution >= 0.6 is 11.6 Å². The lowest BCUT2D eigenvalue weighted by molar-refractivity contribution is -0.140. The number of carbonyl (C=O) groups is 2. The van der Waals surface area contributed by atoms with Gasteiger partial charge < -0.3 is 14.8 Å². The van der Waals surface area contributed by atoms with Crippen LogP contribution in [0.1, 0.15) is 24.2 Å². The number of nitrogens with one attached hydrogen (secondary N) is 1. The summed E-state index contributed by atoms with van der Waals surface area (Å²) in [5.74, 6) is -2.00. The Balaban J connectivity index is 2.97. The Kier molecular flexibility index (Phi) is 6.24. The third kappa shape index (κ3) is 4.09. The summed E-state index contributed by atoms with van der Waals surface area (Å²) in [5.41, 5.74) is 0.0701. The number of ether oxygens (including phenoxy) is 2. The van der Waals surface area contributed by atoms with Gasteiger partial charge in [0, 0.05) is 0 Å². The van der Waals surface area contributed by atoms with Crippen molar-refractivity contribution in [1.29, 1.82) is 0 Å². The molecule has 7 heteroatoms. The van der Waals surface area contributed by atoms with Crippen molar-refractivity contribution < 1.29 is 23.5 Å². The quantitative estimate of drug-likeness (QED) is 0.818. The average Bonchev–Trinajstić information content (AvgIpc) is 2.40. The number of rotatable bonds is 6. The standard InChI is InChI=1S/C13H15ClFNO4/c1-3-19-10(17)7-16-9-6-5-8(15)12(14)11(9)13(18)20-4-2/h5-6,16H,3-4,7H2,1-2H3. The van der Waals surface area contributed by atoms with Crippen molar-refractivity contribution >= 4 is 29.2 Å². The molecule has 0 saturated carbocycles. The summed E-state index contributed by atoms with van der Waals surface area (Å²) >= 11 is 5.77. The zero-order chi connectivity index (χ0) is 15.1. The highest BCUT2D eigenvalue weighted by Gasteiger charge is 2.20. The SMILES string of the molecule is CCOC(=O)CNc1ccc(F)c(Cl)c1C(=O)OCC. The zero-order valence-corrected chi connectivity index (χ0v) is 11.9. The van der Waals surface area contributed by atoms with Gasteiger partial charge in [-0.2, -0.15) is 0 Å². The lowest BCUT2D eigenvalue weighted by Crippen LogP contribution is -2.19. The minimum Gasteiger partial charge on any atom is -0.465 e. The van der Waals surface area contributed by atoms with Crippen molar-refractivity contribution in [2.75, 3.05) is 25.1 Å². The topological polar surface area (TPSA) is 64.6 Å². The van der Waals surface area contributed by atoms with E-state index in [2.05, 4.69) is 5.32 Å². The minimum atomic E-state index is -0.761. The van der Waals surface area contributed by atoms with Gasteiger partial charge in [0.2, 0.25) is 0 Å². The Bertz CT molecular complexity index is 507. The molecule has 5 nitrogen and oxygen atoms in total. The van der Waals surface area contributed by atoms with Crippen molar-refractivity contribution in [3.05, 3.63) is 28.5 Å². The highest BCUT2D eigenvalue weighted by atomic mass is 35.5. The molecule has 110 valence electrons. The van der Waals surface area contributed by atoms with Crippen LogP contribution in [-0.2, 0) is 14.3 Å². The highest BCUT2D eigenvalue weighted by Crippen LogP contribution is 2.28. The molecule has 1 aromatic carbocycles. The molecule has 1 aromatic rings. The normalized spacial score (nSPS) is 10.0. The molecule has 0 atom stereocenters. The number of hydrogen-bond acceptors (Lipinski definition) is 5. The van der Waals surface area contributed by atoms with Crippen LogP contribution in [0.25, 0.3) is 0 Å². The molecule has 0 heterocycles. The van der Waals surface area contributed by atoms with Gasteiger partial charge in [0.15, 0.2) is 0 Å². The second-order valence-electron chi connectivity index (χ2n) is 3.66. The fraction of sp³-hybridized carbons (Fsp3) is 0.385. The van der Waals surface area contributed by atoms with Crippen LogP contribution in [-0.4, -0.2) is 31.7 Å². The summed E-state index contributed by atoms with van der Waals surface area (Å²) < 4.78 is 23.0. The molecule has 1 rings (SSSR count). The van der Waals surface area contributed by atoms with E-state index in [0.717, 1.165) is 6.07 Å². The van der Waals surface area contributed by atoms with Crippen molar-refractivity contribution in [2.45, 2.75) is 13.8 Å². The van der Waals surface area contributed by atoms with Crippen molar-refractivity contribution in [3.63, 3.8) is 0 Å². The monoisotopic (exact) mass is 303 g/mol. The predicted molar refractivity (Wildman–Crippen MR) is 72.5 cm³/mol. The van der Waals surface area contributed by atoms with Gasteiger partial charge >= 0.3 is 11.9 Å². The van der Waals surface area contributed by atoms with Gasteiger partial charge in [0.1, 0.15) is 17.9 Å². The fourth-order valence-corrected chi connectivity index (χ4v) is 1.72. The third-order valence-corrected chi connectivity index (χ3v) is 2.67. The van der Waals surface area contributed by atoms with Gasteiger partial charge in [-0.25, -0.2) is 9.18 Å². The number of benzene rings is 1. The van der Waals surface area contributed by atoms with E-state index < -0.39 is 17.8 Å². The van der Waals surface area contributed by atoms with Crippen LogP contribution in [0.2, 0.25) is 5.02 Å². The number of halogens is 2. The fourth-order valence-electron chi connectivity index (χ4n) is 1.48. The summed E-state index contributed by atoms with van der Waals surface area (Å²) in [6.07, 6.45) is 0. The van der Waals surface area contributed by atoms with Gasteiger partial charge in [-0.1, -0.05) is 11.6 Å².